The van der Waals surface area contributed by atoms with E-state index in [0.717, 1.165) is 57.9 Å². The first-order valence-electron chi connectivity index (χ1n) is 9.97. The largest absolute Gasteiger partial charge is 0.352 e. The van der Waals surface area contributed by atoms with E-state index in [9.17, 15) is 4.79 Å². The van der Waals surface area contributed by atoms with Crippen LogP contribution in [-0.4, -0.2) is 61.0 Å². The Balaban J connectivity index is 1.31. The highest BCUT2D eigenvalue weighted by Crippen LogP contribution is 2.23. The molecule has 4 heteroatoms. The third-order valence-electron chi connectivity index (χ3n) is 5.77. The standard InChI is InChI=1S/C21H33N3O/c1-18-7-9-20(10-8-18)22-21(25)17-24-15-13-23(14-16-24)12-11-19-5-3-2-4-6-19/h2-6,18,20H,7-17H2,1H3,(H,22,25). The normalized spacial score (nSPS) is 25.6. The summed E-state index contributed by atoms with van der Waals surface area (Å²) in [7, 11) is 0. The van der Waals surface area contributed by atoms with Gasteiger partial charge >= 0.3 is 0 Å². The van der Waals surface area contributed by atoms with E-state index in [1.54, 1.807) is 0 Å². The molecule has 2 fully saturated rings. The molecule has 2 aliphatic rings. The quantitative estimate of drug-likeness (QED) is 0.862. The summed E-state index contributed by atoms with van der Waals surface area (Å²) >= 11 is 0. The third-order valence-corrected chi connectivity index (χ3v) is 5.77. The second kappa shape index (κ2) is 9.35. The Morgan fingerprint density at radius 1 is 1.00 bits per heavy atom. The fourth-order valence-electron chi connectivity index (χ4n) is 3.98. The highest BCUT2D eigenvalue weighted by atomic mass is 16.2. The highest BCUT2D eigenvalue weighted by molar-refractivity contribution is 5.78. The summed E-state index contributed by atoms with van der Waals surface area (Å²) in [5.74, 6) is 1.05. The van der Waals surface area contributed by atoms with Gasteiger partial charge in [0.15, 0.2) is 0 Å². The highest BCUT2D eigenvalue weighted by Gasteiger charge is 2.22. The summed E-state index contributed by atoms with van der Waals surface area (Å²) in [4.78, 5) is 17.1. The van der Waals surface area contributed by atoms with Crippen molar-refractivity contribution in [1.29, 1.82) is 0 Å². The molecule has 138 valence electrons. The van der Waals surface area contributed by atoms with E-state index in [0.29, 0.717) is 12.6 Å². The molecule has 4 nitrogen and oxygen atoms in total. The minimum atomic E-state index is 0.220. The summed E-state index contributed by atoms with van der Waals surface area (Å²) in [6.07, 6.45) is 5.93. The summed E-state index contributed by atoms with van der Waals surface area (Å²) in [5.41, 5.74) is 1.41. The van der Waals surface area contributed by atoms with Gasteiger partial charge in [0.25, 0.3) is 0 Å². The van der Waals surface area contributed by atoms with Crippen LogP contribution in [0.3, 0.4) is 0 Å². The van der Waals surface area contributed by atoms with E-state index in [1.165, 1.54) is 18.4 Å². The van der Waals surface area contributed by atoms with Crippen LogP contribution >= 0.6 is 0 Å². The van der Waals surface area contributed by atoms with Crippen LogP contribution in [0.4, 0.5) is 0 Å². The number of rotatable bonds is 6. The van der Waals surface area contributed by atoms with Crippen LogP contribution in [0, 0.1) is 5.92 Å². The maximum Gasteiger partial charge on any atom is 0.234 e. The number of benzene rings is 1. The first-order chi connectivity index (χ1) is 12.2. The molecule has 1 aromatic rings. The van der Waals surface area contributed by atoms with Gasteiger partial charge in [0, 0.05) is 38.8 Å². The van der Waals surface area contributed by atoms with Gasteiger partial charge in [-0.3, -0.25) is 9.69 Å². The molecule has 1 saturated carbocycles. The molecule has 1 heterocycles. The molecule has 1 aromatic carbocycles. The summed E-state index contributed by atoms with van der Waals surface area (Å²) < 4.78 is 0. The lowest BCUT2D eigenvalue weighted by atomic mass is 9.87. The number of amides is 1. The third kappa shape index (κ3) is 6.12. The molecule has 0 aromatic heterocycles. The minimum Gasteiger partial charge on any atom is -0.352 e. The number of piperazine rings is 1. The van der Waals surface area contributed by atoms with E-state index >= 15 is 0 Å². The molecular formula is C21H33N3O. The van der Waals surface area contributed by atoms with Gasteiger partial charge in [-0.25, -0.2) is 0 Å². The van der Waals surface area contributed by atoms with Crippen molar-refractivity contribution in [3.8, 4) is 0 Å². The van der Waals surface area contributed by atoms with Gasteiger partial charge in [-0.05, 0) is 43.6 Å². The van der Waals surface area contributed by atoms with E-state index in [-0.39, 0.29) is 5.91 Å². The van der Waals surface area contributed by atoms with Crippen molar-refractivity contribution in [3.05, 3.63) is 35.9 Å². The van der Waals surface area contributed by atoms with Crippen LogP contribution in [0.2, 0.25) is 0 Å². The molecule has 1 aliphatic carbocycles. The molecule has 0 radical (unpaired) electrons. The van der Waals surface area contributed by atoms with Crippen LogP contribution < -0.4 is 5.32 Å². The number of carbonyl (C=O) groups excluding carboxylic acids is 1. The zero-order valence-corrected chi connectivity index (χ0v) is 15.6. The van der Waals surface area contributed by atoms with Gasteiger partial charge < -0.3 is 10.2 Å². The second-order valence-corrected chi connectivity index (χ2v) is 7.88. The lowest BCUT2D eigenvalue weighted by Gasteiger charge is -2.35. The predicted molar refractivity (Wildman–Crippen MR) is 103 cm³/mol. The summed E-state index contributed by atoms with van der Waals surface area (Å²) in [6, 6.07) is 11.1. The van der Waals surface area contributed by atoms with Gasteiger partial charge in [-0.15, -0.1) is 0 Å². The average Bonchev–Trinajstić information content (AvgIpc) is 2.64. The molecule has 1 aliphatic heterocycles. The van der Waals surface area contributed by atoms with Crippen LogP contribution in [-0.2, 0) is 11.2 Å². The number of hydrogen-bond acceptors (Lipinski definition) is 3. The predicted octanol–water partition coefficient (Wildman–Crippen LogP) is 2.54. The summed E-state index contributed by atoms with van der Waals surface area (Å²) in [6.45, 7) is 8.15. The zero-order valence-electron chi connectivity index (χ0n) is 15.6. The van der Waals surface area contributed by atoms with Crippen molar-refractivity contribution in [2.75, 3.05) is 39.3 Å². The topological polar surface area (TPSA) is 35.6 Å². The van der Waals surface area contributed by atoms with Crippen LogP contribution in [0.5, 0.6) is 0 Å². The Kier molecular flexibility index (Phi) is 6.88. The van der Waals surface area contributed by atoms with Crippen molar-refractivity contribution in [1.82, 2.24) is 15.1 Å². The Morgan fingerprint density at radius 3 is 2.32 bits per heavy atom. The first-order valence-corrected chi connectivity index (χ1v) is 9.97. The maximum absolute atomic E-state index is 12.3. The smallest absolute Gasteiger partial charge is 0.234 e. The van der Waals surface area contributed by atoms with Crippen LogP contribution in [0.15, 0.2) is 30.3 Å². The summed E-state index contributed by atoms with van der Waals surface area (Å²) in [5, 5.41) is 3.25. The lowest BCUT2D eigenvalue weighted by Crippen LogP contribution is -2.51. The van der Waals surface area contributed by atoms with E-state index in [2.05, 4.69) is 52.4 Å². The Hall–Kier alpha value is -1.39. The molecule has 1 amide bonds. The van der Waals surface area contributed by atoms with E-state index in [1.807, 2.05) is 0 Å². The van der Waals surface area contributed by atoms with Crippen molar-refractivity contribution in [2.45, 2.75) is 45.1 Å². The Bertz CT molecular complexity index is 517. The molecule has 0 atom stereocenters. The average molecular weight is 344 g/mol. The Labute approximate surface area is 152 Å². The molecular weight excluding hydrogens is 310 g/mol. The minimum absolute atomic E-state index is 0.220. The molecule has 25 heavy (non-hydrogen) atoms. The van der Waals surface area contributed by atoms with Gasteiger partial charge in [0.1, 0.15) is 0 Å². The van der Waals surface area contributed by atoms with Gasteiger partial charge in [0.2, 0.25) is 5.91 Å². The molecule has 0 unspecified atom stereocenters. The van der Waals surface area contributed by atoms with Crippen molar-refractivity contribution < 1.29 is 4.79 Å². The number of carbonyl (C=O) groups is 1. The molecule has 1 saturated heterocycles. The Morgan fingerprint density at radius 2 is 1.64 bits per heavy atom. The first kappa shape index (κ1) is 18.4. The molecule has 1 N–H and O–H groups in total. The molecule has 0 spiro atoms. The van der Waals surface area contributed by atoms with E-state index in [4.69, 9.17) is 0 Å². The fourth-order valence-corrected chi connectivity index (χ4v) is 3.98. The second-order valence-electron chi connectivity index (χ2n) is 7.88. The van der Waals surface area contributed by atoms with Crippen molar-refractivity contribution >= 4 is 5.91 Å². The lowest BCUT2D eigenvalue weighted by molar-refractivity contribution is -0.123. The van der Waals surface area contributed by atoms with Crippen molar-refractivity contribution in [3.63, 3.8) is 0 Å². The number of hydrogen-bond donors (Lipinski definition) is 1. The van der Waals surface area contributed by atoms with Gasteiger partial charge in [-0.2, -0.15) is 0 Å². The fraction of sp³-hybridized carbons (Fsp3) is 0.667. The van der Waals surface area contributed by atoms with Gasteiger partial charge in [0.05, 0.1) is 6.54 Å². The van der Waals surface area contributed by atoms with Crippen molar-refractivity contribution in [2.24, 2.45) is 5.92 Å². The monoisotopic (exact) mass is 343 g/mol. The SMILES string of the molecule is CC1CCC(NC(=O)CN2CCN(CCc3ccccc3)CC2)CC1. The number of nitrogens with zero attached hydrogens (tertiary/aromatic N) is 2. The zero-order chi connectivity index (χ0) is 17.5. The molecule has 3 rings (SSSR count). The molecule has 0 bridgehead atoms. The maximum atomic E-state index is 12.3. The van der Waals surface area contributed by atoms with Gasteiger partial charge in [-0.1, -0.05) is 37.3 Å². The number of nitrogens with one attached hydrogen (secondary N) is 1. The van der Waals surface area contributed by atoms with E-state index < -0.39 is 0 Å². The van der Waals surface area contributed by atoms with Crippen LogP contribution in [0.25, 0.3) is 0 Å². The van der Waals surface area contributed by atoms with Crippen LogP contribution in [0.1, 0.15) is 38.2 Å².